The fourth-order valence-electron chi connectivity index (χ4n) is 2.41. The highest BCUT2D eigenvalue weighted by Gasteiger charge is 2.28. The second-order valence-electron chi connectivity index (χ2n) is 5.04. The molecule has 19 heavy (non-hydrogen) atoms. The van der Waals surface area contributed by atoms with E-state index in [0.29, 0.717) is 29.4 Å². The molecule has 2 heterocycles. The maximum atomic E-state index is 11.3. The quantitative estimate of drug-likeness (QED) is 0.873. The maximum Gasteiger partial charge on any atom is 0.221 e. The fraction of sp³-hybridized carbons (Fsp3) is 0.538. The van der Waals surface area contributed by atoms with Crippen LogP contribution in [0.5, 0.6) is 0 Å². The fourth-order valence-corrected chi connectivity index (χ4v) is 2.81. The van der Waals surface area contributed by atoms with Gasteiger partial charge in [0.05, 0.1) is 5.92 Å². The first kappa shape index (κ1) is 14.6. The largest absolute Gasteiger partial charge is 0.369 e. The molecule has 4 nitrogen and oxygen atoms in total. The molecule has 0 spiro atoms. The highest BCUT2D eigenvalue weighted by Crippen LogP contribution is 2.25. The summed E-state index contributed by atoms with van der Waals surface area (Å²) in [6.07, 6.45) is 1.83. The highest BCUT2D eigenvalue weighted by molar-refractivity contribution is 6.32. The van der Waals surface area contributed by atoms with Gasteiger partial charge in [0.1, 0.15) is 10.3 Å². The third kappa shape index (κ3) is 3.59. The molecule has 2 N–H and O–H groups in total. The van der Waals surface area contributed by atoms with E-state index < -0.39 is 0 Å². The number of pyridine rings is 1. The van der Waals surface area contributed by atoms with Gasteiger partial charge in [-0.25, -0.2) is 4.98 Å². The minimum Gasteiger partial charge on any atom is -0.369 e. The second kappa shape index (κ2) is 6.07. The van der Waals surface area contributed by atoms with Crippen molar-refractivity contribution in [2.24, 2.45) is 11.7 Å². The number of aromatic nitrogens is 1. The molecular weight excluding hydrogens is 285 g/mol. The van der Waals surface area contributed by atoms with Crippen LogP contribution in [0.25, 0.3) is 0 Å². The Morgan fingerprint density at radius 2 is 2.21 bits per heavy atom. The summed E-state index contributed by atoms with van der Waals surface area (Å²) in [7, 11) is 0. The van der Waals surface area contributed by atoms with E-state index >= 15 is 0 Å². The molecule has 0 bridgehead atoms. The molecule has 2 unspecified atom stereocenters. The van der Waals surface area contributed by atoms with Gasteiger partial charge in [-0.15, -0.1) is 0 Å². The van der Waals surface area contributed by atoms with Crippen molar-refractivity contribution < 1.29 is 4.79 Å². The van der Waals surface area contributed by atoms with E-state index in [2.05, 4.69) is 16.8 Å². The molecule has 1 fully saturated rings. The van der Waals surface area contributed by atoms with E-state index in [1.165, 1.54) is 0 Å². The Balaban J connectivity index is 2.09. The van der Waals surface area contributed by atoms with Gasteiger partial charge in [-0.1, -0.05) is 29.3 Å². The van der Waals surface area contributed by atoms with Crippen LogP contribution in [0, 0.1) is 5.92 Å². The lowest BCUT2D eigenvalue weighted by molar-refractivity contribution is -0.124. The van der Waals surface area contributed by atoms with Crippen LogP contribution in [0.2, 0.25) is 10.3 Å². The van der Waals surface area contributed by atoms with Gasteiger partial charge in [-0.3, -0.25) is 9.69 Å². The van der Waals surface area contributed by atoms with Crippen molar-refractivity contribution in [1.82, 2.24) is 9.88 Å². The van der Waals surface area contributed by atoms with Crippen LogP contribution in [-0.4, -0.2) is 28.4 Å². The van der Waals surface area contributed by atoms with Crippen molar-refractivity contribution in [3.8, 4) is 0 Å². The standard InChI is InChI=1S/C13H17Cl2N3O/c1-8-2-3-10(13(16)19)7-18(8)6-9-4-5-11(14)17-12(9)15/h4-5,8,10H,2-3,6-7H2,1H3,(H2,16,19). The van der Waals surface area contributed by atoms with Crippen LogP contribution < -0.4 is 5.73 Å². The number of hydrogen-bond acceptors (Lipinski definition) is 3. The molecular formula is C13H17Cl2N3O. The van der Waals surface area contributed by atoms with Gasteiger partial charge >= 0.3 is 0 Å². The number of amides is 1. The molecule has 104 valence electrons. The van der Waals surface area contributed by atoms with Crippen molar-refractivity contribution in [3.05, 3.63) is 28.0 Å². The first-order valence-corrected chi connectivity index (χ1v) is 7.07. The molecule has 0 saturated carbocycles. The lowest BCUT2D eigenvalue weighted by Gasteiger charge is -2.36. The number of carbonyl (C=O) groups is 1. The van der Waals surface area contributed by atoms with Crippen LogP contribution >= 0.6 is 23.2 Å². The molecule has 1 aromatic rings. The van der Waals surface area contributed by atoms with E-state index in [9.17, 15) is 4.79 Å². The topological polar surface area (TPSA) is 59.2 Å². The number of rotatable bonds is 3. The molecule has 0 aliphatic carbocycles. The molecule has 1 aliphatic rings. The number of primary amides is 1. The summed E-state index contributed by atoms with van der Waals surface area (Å²) in [5, 5.41) is 0.802. The average Bonchev–Trinajstić information content (AvgIpc) is 2.34. The van der Waals surface area contributed by atoms with Crippen LogP contribution in [0.15, 0.2) is 12.1 Å². The zero-order valence-corrected chi connectivity index (χ0v) is 12.3. The number of piperidine rings is 1. The van der Waals surface area contributed by atoms with E-state index in [0.717, 1.165) is 18.4 Å². The normalized spacial score (nSPS) is 24.4. The van der Waals surface area contributed by atoms with E-state index in [1.54, 1.807) is 6.07 Å². The van der Waals surface area contributed by atoms with Gasteiger partial charge in [0, 0.05) is 24.7 Å². The number of halogens is 2. The first-order chi connectivity index (χ1) is 8.97. The molecule has 1 aromatic heterocycles. The Kier molecular flexibility index (Phi) is 4.66. The third-order valence-corrected chi connectivity index (χ3v) is 4.22. The van der Waals surface area contributed by atoms with Gasteiger partial charge in [0.15, 0.2) is 0 Å². The Hall–Kier alpha value is -0.840. The maximum absolute atomic E-state index is 11.3. The zero-order valence-electron chi connectivity index (χ0n) is 10.8. The Morgan fingerprint density at radius 3 is 2.84 bits per heavy atom. The monoisotopic (exact) mass is 301 g/mol. The van der Waals surface area contributed by atoms with Crippen molar-refractivity contribution in [2.45, 2.75) is 32.4 Å². The van der Waals surface area contributed by atoms with Gasteiger partial charge in [0.25, 0.3) is 0 Å². The number of nitrogens with two attached hydrogens (primary N) is 1. The summed E-state index contributed by atoms with van der Waals surface area (Å²) in [6.45, 7) is 3.48. The smallest absolute Gasteiger partial charge is 0.221 e. The molecule has 1 saturated heterocycles. The molecule has 6 heteroatoms. The summed E-state index contributed by atoms with van der Waals surface area (Å²) >= 11 is 11.9. The first-order valence-electron chi connectivity index (χ1n) is 6.31. The molecule has 1 aliphatic heterocycles. The number of nitrogens with zero attached hydrogens (tertiary/aromatic N) is 2. The van der Waals surface area contributed by atoms with Crippen molar-refractivity contribution in [2.75, 3.05) is 6.54 Å². The lowest BCUT2D eigenvalue weighted by Crippen LogP contribution is -2.45. The van der Waals surface area contributed by atoms with Crippen molar-refractivity contribution >= 4 is 29.1 Å². The molecule has 2 atom stereocenters. The Labute approximate surface area is 122 Å². The Morgan fingerprint density at radius 1 is 1.47 bits per heavy atom. The molecule has 1 amide bonds. The van der Waals surface area contributed by atoms with E-state index in [-0.39, 0.29) is 11.8 Å². The molecule has 0 aromatic carbocycles. The van der Waals surface area contributed by atoms with Crippen molar-refractivity contribution in [3.63, 3.8) is 0 Å². The van der Waals surface area contributed by atoms with Gasteiger partial charge in [-0.05, 0) is 25.8 Å². The Bertz CT molecular complexity index is 481. The summed E-state index contributed by atoms with van der Waals surface area (Å²) < 4.78 is 0. The zero-order chi connectivity index (χ0) is 14.0. The SMILES string of the molecule is CC1CCC(C(N)=O)CN1Cc1ccc(Cl)nc1Cl. The van der Waals surface area contributed by atoms with Gasteiger partial charge < -0.3 is 5.73 Å². The summed E-state index contributed by atoms with van der Waals surface area (Å²) in [4.78, 5) is 17.6. The molecule has 0 radical (unpaired) electrons. The number of likely N-dealkylation sites (tertiary alicyclic amines) is 1. The number of carbonyl (C=O) groups excluding carboxylic acids is 1. The van der Waals surface area contributed by atoms with Crippen LogP contribution in [-0.2, 0) is 11.3 Å². The van der Waals surface area contributed by atoms with Gasteiger partial charge in [0.2, 0.25) is 5.91 Å². The predicted octanol–water partition coefficient (Wildman–Crippen LogP) is 2.47. The summed E-state index contributed by atoms with van der Waals surface area (Å²) in [6, 6.07) is 4.00. The third-order valence-electron chi connectivity index (χ3n) is 3.68. The van der Waals surface area contributed by atoms with Crippen LogP contribution in [0.1, 0.15) is 25.3 Å². The molecule has 2 rings (SSSR count). The second-order valence-corrected chi connectivity index (χ2v) is 5.78. The average molecular weight is 302 g/mol. The van der Waals surface area contributed by atoms with Crippen molar-refractivity contribution in [1.29, 1.82) is 0 Å². The van der Waals surface area contributed by atoms with Crippen LogP contribution in [0.4, 0.5) is 0 Å². The van der Waals surface area contributed by atoms with Gasteiger partial charge in [-0.2, -0.15) is 0 Å². The number of hydrogen-bond donors (Lipinski definition) is 1. The summed E-state index contributed by atoms with van der Waals surface area (Å²) in [5.41, 5.74) is 6.32. The van der Waals surface area contributed by atoms with E-state index in [1.807, 2.05) is 6.07 Å². The summed E-state index contributed by atoms with van der Waals surface area (Å²) in [5.74, 6) is -0.299. The minimum atomic E-state index is -0.225. The van der Waals surface area contributed by atoms with E-state index in [4.69, 9.17) is 28.9 Å². The lowest BCUT2D eigenvalue weighted by atomic mass is 9.92. The predicted molar refractivity (Wildman–Crippen MR) is 76.0 cm³/mol. The highest BCUT2D eigenvalue weighted by atomic mass is 35.5. The minimum absolute atomic E-state index is 0.0739. The van der Waals surface area contributed by atoms with Crippen LogP contribution in [0.3, 0.4) is 0 Å².